The smallest absolute Gasteiger partial charge is 0.259 e. The van der Waals surface area contributed by atoms with Gasteiger partial charge in [0.05, 0.1) is 11.1 Å². The highest BCUT2D eigenvalue weighted by Crippen LogP contribution is 2.33. The van der Waals surface area contributed by atoms with E-state index >= 15 is 0 Å². The number of thioether (sulfide) groups is 1. The standard InChI is InChI=1S/C20H20FN3O2S2/c21-12-4-3-5-13(10-12)22-17(25)8-9-27-11-16-23-19(26)18-14-6-1-2-7-15(14)28-20(18)24-16/h3-5,10H,1-2,6-9,11H2,(H,22,25)(H,23,24,26). The fourth-order valence-corrected chi connectivity index (χ4v) is 5.49. The second-order valence-electron chi connectivity index (χ2n) is 6.76. The molecule has 2 heterocycles. The fourth-order valence-electron chi connectivity index (χ4n) is 3.40. The molecule has 0 radical (unpaired) electrons. The number of benzene rings is 1. The van der Waals surface area contributed by atoms with E-state index in [4.69, 9.17) is 0 Å². The first-order chi connectivity index (χ1) is 13.6. The summed E-state index contributed by atoms with van der Waals surface area (Å²) in [5.74, 6) is 1.23. The Balaban J connectivity index is 1.33. The third-order valence-electron chi connectivity index (χ3n) is 4.69. The molecule has 0 fully saturated rings. The Hall–Kier alpha value is -2.19. The summed E-state index contributed by atoms with van der Waals surface area (Å²) in [7, 11) is 0. The Kier molecular flexibility index (Phi) is 5.77. The minimum atomic E-state index is -0.382. The molecule has 3 aromatic rings. The number of aromatic nitrogens is 2. The number of fused-ring (bicyclic) bond motifs is 3. The zero-order chi connectivity index (χ0) is 19.5. The molecule has 1 aliphatic carbocycles. The van der Waals surface area contributed by atoms with Crippen LogP contribution in [0.2, 0.25) is 0 Å². The van der Waals surface area contributed by atoms with Gasteiger partial charge in [0.2, 0.25) is 5.91 Å². The molecule has 1 aromatic carbocycles. The predicted molar refractivity (Wildman–Crippen MR) is 113 cm³/mol. The number of carbonyl (C=O) groups excluding carboxylic acids is 1. The topological polar surface area (TPSA) is 74.8 Å². The molecule has 0 aliphatic heterocycles. The number of halogens is 1. The van der Waals surface area contributed by atoms with E-state index in [1.807, 2.05) is 0 Å². The van der Waals surface area contributed by atoms with Gasteiger partial charge >= 0.3 is 0 Å². The van der Waals surface area contributed by atoms with Crippen molar-refractivity contribution in [2.75, 3.05) is 11.1 Å². The van der Waals surface area contributed by atoms with Crippen molar-refractivity contribution in [3.05, 3.63) is 56.7 Å². The summed E-state index contributed by atoms with van der Waals surface area (Å²) in [5.41, 5.74) is 1.59. The average Bonchev–Trinajstić information content (AvgIpc) is 3.04. The van der Waals surface area contributed by atoms with Gasteiger partial charge in [-0.15, -0.1) is 11.3 Å². The number of rotatable bonds is 6. The number of nitrogens with zero attached hydrogens (tertiary/aromatic N) is 1. The molecule has 0 saturated heterocycles. The summed E-state index contributed by atoms with van der Waals surface area (Å²) in [6, 6.07) is 5.83. The van der Waals surface area contributed by atoms with E-state index in [-0.39, 0.29) is 17.3 Å². The van der Waals surface area contributed by atoms with Crippen molar-refractivity contribution in [3.8, 4) is 0 Å². The third kappa shape index (κ3) is 4.28. The molecule has 2 N–H and O–H groups in total. The number of hydrogen-bond donors (Lipinski definition) is 2. The van der Waals surface area contributed by atoms with Crippen LogP contribution in [0.4, 0.5) is 10.1 Å². The molecule has 0 saturated carbocycles. The van der Waals surface area contributed by atoms with Crippen LogP contribution in [-0.4, -0.2) is 21.6 Å². The molecule has 4 rings (SSSR count). The monoisotopic (exact) mass is 417 g/mol. The summed E-state index contributed by atoms with van der Waals surface area (Å²) in [4.78, 5) is 34.1. The van der Waals surface area contributed by atoms with E-state index in [9.17, 15) is 14.0 Å². The number of anilines is 1. The second kappa shape index (κ2) is 8.45. The minimum Gasteiger partial charge on any atom is -0.326 e. The minimum absolute atomic E-state index is 0.0520. The zero-order valence-corrected chi connectivity index (χ0v) is 16.9. The largest absolute Gasteiger partial charge is 0.326 e. The highest BCUT2D eigenvalue weighted by Gasteiger charge is 2.19. The van der Waals surface area contributed by atoms with E-state index < -0.39 is 0 Å². The van der Waals surface area contributed by atoms with Crippen LogP contribution in [0.5, 0.6) is 0 Å². The first kappa shape index (κ1) is 19.1. The number of hydrogen-bond acceptors (Lipinski definition) is 5. The van der Waals surface area contributed by atoms with Gasteiger partial charge in [0.1, 0.15) is 16.5 Å². The average molecular weight is 418 g/mol. The molecule has 146 valence electrons. The van der Waals surface area contributed by atoms with Crippen molar-refractivity contribution in [1.29, 1.82) is 0 Å². The van der Waals surface area contributed by atoms with Crippen molar-refractivity contribution in [1.82, 2.24) is 9.97 Å². The van der Waals surface area contributed by atoms with E-state index in [1.54, 1.807) is 23.5 Å². The molecule has 8 heteroatoms. The van der Waals surface area contributed by atoms with Crippen LogP contribution in [0, 0.1) is 5.82 Å². The number of H-pyrrole nitrogens is 1. The van der Waals surface area contributed by atoms with Crippen molar-refractivity contribution in [2.24, 2.45) is 0 Å². The van der Waals surface area contributed by atoms with Gasteiger partial charge in [-0.2, -0.15) is 11.8 Å². The Bertz CT molecular complexity index is 1080. The SMILES string of the molecule is O=C(CCSCc1nc2sc3c(c2c(=O)[nH]1)CCCC3)Nc1cccc(F)c1. The Morgan fingerprint density at radius 3 is 3.04 bits per heavy atom. The number of amides is 1. The summed E-state index contributed by atoms with van der Waals surface area (Å²) < 4.78 is 13.1. The van der Waals surface area contributed by atoms with Gasteiger partial charge in [-0.05, 0) is 49.4 Å². The maximum absolute atomic E-state index is 13.1. The molecule has 0 atom stereocenters. The first-order valence-electron chi connectivity index (χ1n) is 9.27. The highest BCUT2D eigenvalue weighted by atomic mass is 32.2. The van der Waals surface area contributed by atoms with Crippen LogP contribution < -0.4 is 10.9 Å². The van der Waals surface area contributed by atoms with Crippen molar-refractivity contribution >= 4 is 44.9 Å². The molecule has 5 nitrogen and oxygen atoms in total. The fraction of sp³-hybridized carbons (Fsp3) is 0.350. The molecule has 0 spiro atoms. The normalized spacial score (nSPS) is 13.5. The van der Waals surface area contributed by atoms with Gasteiger partial charge in [-0.25, -0.2) is 9.37 Å². The lowest BCUT2D eigenvalue weighted by molar-refractivity contribution is -0.115. The lowest BCUT2D eigenvalue weighted by Crippen LogP contribution is -2.13. The van der Waals surface area contributed by atoms with E-state index in [0.717, 1.165) is 29.5 Å². The molecule has 1 amide bonds. The van der Waals surface area contributed by atoms with Gasteiger partial charge in [-0.1, -0.05) is 6.07 Å². The van der Waals surface area contributed by atoms with Crippen molar-refractivity contribution < 1.29 is 9.18 Å². The van der Waals surface area contributed by atoms with Crippen LogP contribution in [0.3, 0.4) is 0 Å². The Labute approximate surface area is 169 Å². The summed E-state index contributed by atoms with van der Waals surface area (Å²) >= 11 is 3.18. The maximum atomic E-state index is 13.1. The molecular formula is C20H20FN3O2S2. The molecule has 0 unspecified atom stereocenters. The lowest BCUT2D eigenvalue weighted by Gasteiger charge is -2.09. The number of aryl methyl sites for hydroxylation is 2. The number of thiophene rings is 1. The molecule has 28 heavy (non-hydrogen) atoms. The summed E-state index contributed by atoms with van der Waals surface area (Å²) in [6.07, 6.45) is 4.63. The van der Waals surface area contributed by atoms with Crippen LogP contribution in [0.15, 0.2) is 29.1 Å². The van der Waals surface area contributed by atoms with E-state index in [0.29, 0.717) is 29.4 Å². The lowest BCUT2D eigenvalue weighted by atomic mass is 9.97. The van der Waals surface area contributed by atoms with Crippen LogP contribution >= 0.6 is 23.1 Å². The summed E-state index contributed by atoms with van der Waals surface area (Å²) in [5, 5.41) is 3.45. The zero-order valence-electron chi connectivity index (χ0n) is 15.2. The molecule has 1 aliphatic rings. The van der Waals surface area contributed by atoms with Crippen molar-refractivity contribution in [3.63, 3.8) is 0 Å². The highest BCUT2D eigenvalue weighted by molar-refractivity contribution is 7.98. The number of aromatic amines is 1. The quantitative estimate of drug-likeness (QED) is 0.588. The van der Waals surface area contributed by atoms with E-state index in [1.165, 1.54) is 40.8 Å². The van der Waals surface area contributed by atoms with Crippen LogP contribution in [0.25, 0.3) is 10.2 Å². The van der Waals surface area contributed by atoms with Crippen LogP contribution in [0.1, 0.15) is 35.5 Å². The predicted octanol–water partition coefficient (Wildman–Crippen LogP) is 4.26. The number of nitrogens with one attached hydrogen (secondary N) is 2. The maximum Gasteiger partial charge on any atom is 0.259 e. The summed E-state index contributed by atoms with van der Waals surface area (Å²) in [6.45, 7) is 0. The molecule has 0 bridgehead atoms. The van der Waals surface area contributed by atoms with Gasteiger partial charge in [0.25, 0.3) is 5.56 Å². The Morgan fingerprint density at radius 1 is 1.32 bits per heavy atom. The third-order valence-corrected chi connectivity index (χ3v) is 6.85. The second-order valence-corrected chi connectivity index (χ2v) is 8.95. The van der Waals surface area contributed by atoms with Gasteiger partial charge < -0.3 is 10.3 Å². The first-order valence-corrected chi connectivity index (χ1v) is 11.2. The molecule has 2 aromatic heterocycles. The Morgan fingerprint density at radius 2 is 2.18 bits per heavy atom. The van der Waals surface area contributed by atoms with Gasteiger partial charge in [0.15, 0.2) is 0 Å². The van der Waals surface area contributed by atoms with Gasteiger partial charge in [0, 0.05) is 22.7 Å². The van der Waals surface area contributed by atoms with Crippen molar-refractivity contribution in [2.45, 2.75) is 37.9 Å². The van der Waals surface area contributed by atoms with Crippen LogP contribution in [-0.2, 0) is 23.4 Å². The van der Waals surface area contributed by atoms with E-state index in [2.05, 4.69) is 15.3 Å². The number of carbonyl (C=O) groups is 1. The molecular weight excluding hydrogens is 397 g/mol. The van der Waals surface area contributed by atoms with Gasteiger partial charge in [-0.3, -0.25) is 9.59 Å².